The van der Waals surface area contributed by atoms with Gasteiger partial charge in [-0.2, -0.15) is 8.78 Å². The summed E-state index contributed by atoms with van der Waals surface area (Å²) in [6, 6.07) is 5.77. The van der Waals surface area contributed by atoms with Crippen molar-refractivity contribution >= 4 is 11.6 Å². The molecule has 0 fully saturated rings. The number of anilines is 1. The molecule has 0 radical (unpaired) electrons. The molecule has 1 aromatic carbocycles. The van der Waals surface area contributed by atoms with E-state index in [9.17, 15) is 13.6 Å². The van der Waals surface area contributed by atoms with Gasteiger partial charge in [-0.3, -0.25) is 4.79 Å². The molecule has 0 saturated carbocycles. The number of alkyl halides is 2. The SMILES string of the molecule is CC[C@H](C(=O)Nc1ccc(OC(F)F)cc1)c1c(C)noc1C. The maximum Gasteiger partial charge on any atom is 0.387 e. The summed E-state index contributed by atoms with van der Waals surface area (Å²) in [4.78, 5) is 12.5. The van der Waals surface area contributed by atoms with Crippen LogP contribution in [0.5, 0.6) is 5.75 Å². The van der Waals surface area contributed by atoms with E-state index in [-0.39, 0.29) is 11.7 Å². The summed E-state index contributed by atoms with van der Waals surface area (Å²) in [7, 11) is 0. The summed E-state index contributed by atoms with van der Waals surface area (Å²) in [5, 5.41) is 6.64. The molecule has 1 heterocycles. The van der Waals surface area contributed by atoms with Crippen molar-refractivity contribution in [3.63, 3.8) is 0 Å². The second-order valence-electron chi connectivity index (χ2n) is 5.09. The molecule has 7 heteroatoms. The number of carbonyl (C=O) groups excluding carboxylic acids is 1. The summed E-state index contributed by atoms with van der Waals surface area (Å²) >= 11 is 0. The second kappa shape index (κ2) is 7.21. The average Bonchev–Trinajstić information content (AvgIpc) is 2.82. The first-order valence-corrected chi connectivity index (χ1v) is 7.20. The van der Waals surface area contributed by atoms with Crippen molar-refractivity contribution in [3.8, 4) is 5.75 Å². The number of nitrogens with one attached hydrogen (secondary N) is 1. The molecule has 2 rings (SSSR count). The Kier molecular flexibility index (Phi) is 5.31. The van der Waals surface area contributed by atoms with Gasteiger partial charge in [0.25, 0.3) is 0 Å². The Morgan fingerprint density at radius 2 is 1.96 bits per heavy atom. The molecule has 1 amide bonds. The Labute approximate surface area is 132 Å². The summed E-state index contributed by atoms with van der Waals surface area (Å²) in [6.45, 7) is 2.58. The molecule has 0 aliphatic rings. The number of halogens is 2. The number of carbonyl (C=O) groups is 1. The van der Waals surface area contributed by atoms with Crippen LogP contribution in [0.25, 0.3) is 0 Å². The molecule has 0 aliphatic carbocycles. The molecule has 0 saturated heterocycles. The van der Waals surface area contributed by atoms with E-state index in [2.05, 4.69) is 15.2 Å². The van der Waals surface area contributed by atoms with Gasteiger partial charge in [0.05, 0.1) is 11.6 Å². The largest absolute Gasteiger partial charge is 0.435 e. The maximum absolute atomic E-state index is 12.5. The van der Waals surface area contributed by atoms with E-state index in [1.807, 2.05) is 6.92 Å². The highest BCUT2D eigenvalue weighted by atomic mass is 19.3. The van der Waals surface area contributed by atoms with E-state index in [4.69, 9.17) is 4.52 Å². The first kappa shape index (κ1) is 16.9. The quantitative estimate of drug-likeness (QED) is 0.871. The van der Waals surface area contributed by atoms with Crippen LogP contribution in [0.2, 0.25) is 0 Å². The van der Waals surface area contributed by atoms with Crippen molar-refractivity contribution in [2.75, 3.05) is 5.32 Å². The smallest absolute Gasteiger partial charge is 0.387 e. The number of nitrogens with zero attached hydrogens (tertiary/aromatic N) is 1. The van der Waals surface area contributed by atoms with Crippen LogP contribution in [-0.4, -0.2) is 17.7 Å². The van der Waals surface area contributed by atoms with Gasteiger partial charge >= 0.3 is 6.61 Å². The third-order valence-electron chi connectivity index (χ3n) is 3.51. The topological polar surface area (TPSA) is 64.4 Å². The summed E-state index contributed by atoms with van der Waals surface area (Å²) in [6.07, 6.45) is 0.585. The number of ether oxygens (including phenoxy) is 1. The van der Waals surface area contributed by atoms with Gasteiger partial charge in [0.15, 0.2) is 0 Å². The molecule has 124 valence electrons. The Balaban J connectivity index is 2.11. The standard InChI is InChI=1S/C16H18F2N2O3/c1-4-13(14-9(2)20-23-10(14)3)15(21)19-11-5-7-12(8-6-11)22-16(17)18/h5-8,13,16H,4H2,1-3H3,(H,19,21)/t13-/m0/s1. The van der Waals surface area contributed by atoms with Crippen LogP contribution in [0, 0.1) is 13.8 Å². The van der Waals surface area contributed by atoms with Crippen molar-refractivity contribution in [3.05, 3.63) is 41.3 Å². The van der Waals surface area contributed by atoms with E-state index in [1.165, 1.54) is 24.3 Å². The molecule has 0 aliphatic heterocycles. The lowest BCUT2D eigenvalue weighted by molar-refractivity contribution is -0.117. The highest BCUT2D eigenvalue weighted by molar-refractivity contribution is 5.96. The lowest BCUT2D eigenvalue weighted by Gasteiger charge is -2.15. The van der Waals surface area contributed by atoms with Crippen LogP contribution >= 0.6 is 0 Å². The van der Waals surface area contributed by atoms with Gasteiger partial charge in [0.1, 0.15) is 11.5 Å². The molecule has 1 atom stereocenters. The number of amides is 1. The number of aryl methyl sites for hydroxylation is 2. The van der Waals surface area contributed by atoms with E-state index in [0.29, 0.717) is 23.6 Å². The van der Waals surface area contributed by atoms with Crippen molar-refractivity contribution in [1.82, 2.24) is 5.16 Å². The molecular weight excluding hydrogens is 306 g/mol. The molecule has 5 nitrogen and oxygen atoms in total. The third kappa shape index (κ3) is 4.06. The molecule has 0 unspecified atom stereocenters. The molecular formula is C16H18F2N2O3. The third-order valence-corrected chi connectivity index (χ3v) is 3.51. The zero-order chi connectivity index (χ0) is 17.0. The fraction of sp³-hybridized carbons (Fsp3) is 0.375. The summed E-state index contributed by atoms with van der Waals surface area (Å²) < 4.78 is 33.6. The normalized spacial score (nSPS) is 12.3. The van der Waals surface area contributed by atoms with Gasteiger partial charge < -0.3 is 14.6 Å². The van der Waals surface area contributed by atoms with E-state index < -0.39 is 12.5 Å². The fourth-order valence-electron chi connectivity index (χ4n) is 2.46. The number of benzene rings is 1. The van der Waals surface area contributed by atoms with Gasteiger partial charge in [0.2, 0.25) is 5.91 Å². The Morgan fingerprint density at radius 1 is 1.30 bits per heavy atom. The highest BCUT2D eigenvalue weighted by Gasteiger charge is 2.25. The molecule has 0 spiro atoms. The van der Waals surface area contributed by atoms with Gasteiger partial charge in [-0.15, -0.1) is 0 Å². The lowest BCUT2D eigenvalue weighted by atomic mass is 9.94. The van der Waals surface area contributed by atoms with Crippen LogP contribution in [-0.2, 0) is 4.79 Å². The molecule has 2 aromatic rings. The van der Waals surface area contributed by atoms with Crippen LogP contribution in [0.1, 0.15) is 36.3 Å². The minimum absolute atomic E-state index is 0.0377. The van der Waals surface area contributed by atoms with Crippen molar-refractivity contribution in [1.29, 1.82) is 0 Å². The summed E-state index contributed by atoms with van der Waals surface area (Å²) in [5.74, 6) is 0.0589. The van der Waals surface area contributed by atoms with Gasteiger partial charge in [-0.05, 0) is 44.5 Å². The van der Waals surface area contributed by atoms with Crippen molar-refractivity contribution in [2.24, 2.45) is 0 Å². The number of aromatic nitrogens is 1. The first-order chi connectivity index (χ1) is 10.9. The highest BCUT2D eigenvalue weighted by Crippen LogP contribution is 2.28. The van der Waals surface area contributed by atoms with Gasteiger partial charge in [-0.1, -0.05) is 12.1 Å². The van der Waals surface area contributed by atoms with Crippen molar-refractivity contribution in [2.45, 2.75) is 39.7 Å². The van der Waals surface area contributed by atoms with E-state index in [0.717, 1.165) is 5.56 Å². The molecule has 0 bridgehead atoms. The maximum atomic E-state index is 12.5. The number of hydrogen-bond donors (Lipinski definition) is 1. The molecule has 1 N–H and O–H groups in total. The Morgan fingerprint density at radius 3 is 2.43 bits per heavy atom. The minimum Gasteiger partial charge on any atom is -0.435 e. The average molecular weight is 324 g/mol. The predicted molar refractivity (Wildman–Crippen MR) is 80.7 cm³/mol. The van der Waals surface area contributed by atoms with Crippen LogP contribution < -0.4 is 10.1 Å². The van der Waals surface area contributed by atoms with Crippen LogP contribution in [0.3, 0.4) is 0 Å². The van der Waals surface area contributed by atoms with Crippen LogP contribution in [0.15, 0.2) is 28.8 Å². The van der Waals surface area contributed by atoms with Crippen LogP contribution in [0.4, 0.5) is 14.5 Å². The van der Waals surface area contributed by atoms with Crippen molar-refractivity contribution < 1.29 is 22.8 Å². The lowest BCUT2D eigenvalue weighted by Crippen LogP contribution is -2.21. The predicted octanol–water partition coefficient (Wildman–Crippen LogP) is 4.03. The minimum atomic E-state index is -2.88. The number of rotatable bonds is 6. The molecule has 1 aromatic heterocycles. The summed E-state index contributed by atoms with van der Waals surface area (Å²) in [5.41, 5.74) is 1.97. The second-order valence-corrected chi connectivity index (χ2v) is 5.09. The zero-order valence-corrected chi connectivity index (χ0v) is 13.1. The first-order valence-electron chi connectivity index (χ1n) is 7.20. The van der Waals surface area contributed by atoms with Gasteiger partial charge in [0, 0.05) is 11.3 Å². The Bertz CT molecular complexity index is 649. The van der Waals surface area contributed by atoms with E-state index >= 15 is 0 Å². The van der Waals surface area contributed by atoms with Gasteiger partial charge in [-0.25, -0.2) is 0 Å². The Hall–Kier alpha value is -2.44. The number of hydrogen-bond acceptors (Lipinski definition) is 4. The van der Waals surface area contributed by atoms with E-state index in [1.54, 1.807) is 13.8 Å². The fourth-order valence-corrected chi connectivity index (χ4v) is 2.46. The zero-order valence-electron chi connectivity index (χ0n) is 13.1. The monoisotopic (exact) mass is 324 g/mol. The molecule has 23 heavy (non-hydrogen) atoms.